The lowest BCUT2D eigenvalue weighted by Gasteiger charge is -2.24. The van der Waals surface area contributed by atoms with Gasteiger partial charge >= 0.3 is 0 Å². The highest BCUT2D eigenvalue weighted by Gasteiger charge is 2.18. The third-order valence-electron chi connectivity index (χ3n) is 4.64. The van der Waals surface area contributed by atoms with Gasteiger partial charge in [0, 0.05) is 31.8 Å². The van der Waals surface area contributed by atoms with Crippen LogP contribution in [0.5, 0.6) is 0 Å². The van der Waals surface area contributed by atoms with Crippen LogP contribution in [0.3, 0.4) is 0 Å². The second kappa shape index (κ2) is 7.00. The predicted octanol–water partition coefficient (Wildman–Crippen LogP) is 2.89. The molecule has 2 aliphatic heterocycles. The fourth-order valence-electron chi connectivity index (χ4n) is 3.19. The molecule has 0 saturated heterocycles. The van der Waals surface area contributed by atoms with E-state index in [0.29, 0.717) is 31.7 Å². The zero-order valence-electron chi connectivity index (χ0n) is 14.3. The Morgan fingerprint density at radius 3 is 3.00 bits per heavy atom. The van der Waals surface area contributed by atoms with Crippen LogP contribution in [0.25, 0.3) is 11.6 Å². The molecule has 6 nitrogen and oxygen atoms in total. The number of nitrogens with one attached hydrogen (secondary N) is 1. The lowest BCUT2D eigenvalue weighted by molar-refractivity contribution is -0.125. The molecule has 2 aromatic rings. The Bertz CT molecular complexity index is 897. The van der Waals surface area contributed by atoms with Crippen molar-refractivity contribution in [3.8, 4) is 0 Å². The fourth-order valence-corrected chi connectivity index (χ4v) is 3.19. The number of hydrogen-bond acceptors (Lipinski definition) is 4. The van der Waals surface area contributed by atoms with Crippen LogP contribution in [0.15, 0.2) is 47.2 Å². The number of amides is 2. The Hall–Kier alpha value is -3.15. The van der Waals surface area contributed by atoms with E-state index in [0.717, 1.165) is 28.9 Å². The summed E-state index contributed by atoms with van der Waals surface area (Å²) in [5.74, 6) is 1.47. The Morgan fingerprint density at radius 2 is 2.23 bits per heavy atom. The second-order valence-electron chi connectivity index (χ2n) is 6.40. The lowest BCUT2D eigenvalue weighted by Crippen LogP contribution is -2.33. The van der Waals surface area contributed by atoms with Gasteiger partial charge in [-0.2, -0.15) is 0 Å². The zero-order valence-corrected chi connectivity index (χ0v) is 14.3. The first-order chi connectivity index (χ1) is 12.7. The first-order valence-corrected chi connectivity index (χ1v) is 8.68. The maximum Gasteiger partial charge on any atom is 0.246 e. The highest BCUT2D eigenvalue weighted by atomic mass is 16.3. The first kappa shape index (κ1) is 16.3. The first-order valence-electron chi connectivity index (χ1n) is 8.68. The van der Waals surface area contributed by atoms with Crippen molar-refractivity contribution in [2.24, 2.45) is 0 Å². The monoisotopic (exact) mass is 349 g/mol. The lowest BCUT2D eigenvalue weighted by atomic mass is 10.0. The highest BCUT2D eigenvalue weighted by molar-refractivity contribution is 5.94. The van der Waals surface area contributed by atoms with Gasteiger partial charge in [-0.25, -0.2) is 4.98 Å². The third kappa shape index (κ3) is 3.44. The number of aryl methyl sites for hydroxylation is 1. The molecule has 4 rings (SSSR count). The molecular formula is C20H19N3O3. The molecule has 1 N–H and O–H groups in total. The van der Waals surface area contributed by atoms with Gasteiger partial charge in [0.1, 0.15) is 11.6 Å². The van der Waals surface area contributed by atoms with E-state index < -0.39 is 0 Å². The number of nitrogens with zero attached hydrogens (tertiary/aromatic N) is 2. The van der Waals surface area contributed by atoms with Crippen LogP contribution in [-0.2, 0) is 16.0 Å². The number of carbonyl (C=O) groups excluding carboxylic acids is 2. The summed E-state index contributed by atoms with van der Waals surface area (Å²) in [6.45, 7) is 1.25. The van der Waals surface area contributed by atoms with Gasteiger partial charge in [-0.1, -0.05) is 6.08 Å². The van der Waals surface area contributed by atoms with Gasteiger partial charge in [-0.3, -0.25) is 9.59 Å². The number of hydrogen-bond donors (Lipinski definition) is 1. The van der Waals surface area contributed by atoms with E-state index in [9.17, 15) is 9.59 Å². The molecule has 132 valence electrons. The topological polar surface area (TPSA) is 75.4 Å². The molecule has 2 aliphatic rings. The highest BCUT2D eigenvalue weighted by Crippen LogP contribution is 2.23. The van der Waals surface area contributed by atoms with Gasteiger partial charge in [0.2, 0.25) is 11.8 Å². The van der Waals surface area contributed by atoms with Crippen molar-refractivity contribution >= 4 is 29.3 Å². The molecule has 26 heavy (non-hydrogen) atoms. The van der Waals surface area contributed by atoms with E-state index in [2.05, 4.69) is 10.3 Å². The van der Waals surface area contributed by atoms with E-state index in [-0.39, 0.29) is 11.8 Å². The maximum absolute atomic E-state index is 12.4. The van der Waals surface area contributed by atoms with E-state index in [1.165, 1.54) is 0 Å². The predicted molar refractivity (Wildman–Crippen MR) is 98.1 cm³/mol. The Labute approximate surface area is 151 Å². The summed E-state index contributed by atoms with van der Waals surface area (Å²) < 4.78 is 5.41. The summed E-state index contributed by atoms with van der Waals surface area (Å²) in [6, 6.07) is 5.78. The summed E-state index contributed by atoms with van der Waals surface area (Å²) in [7, 11) is 0. The normalized spacial score (nSPS) is 17.0. The van der Waals surface area contributed by atoms with Crippen LogP contribution in [-0.4, -0.2) is 34.8 Å². The molecule has 2 aromatic heterocycles. The minimum absolute atomic E-state index is 0.00413. The molecule has 0 aromatic carbocycles. The quantitative estimate of drug-likeness (QED) is 0.865. The number of furan rings is 1. The Balaban J connectivity index is 1.40. The molecule has 2 amide bonds. The maximum atomic E-state index is 12.4. The average Bonchev–Trinajstić information content (AvgIpc) is 3.21. The van der Waals surface area contributed by atoms with Crippen molar-refractivity contribution in [2.75, 3.05) is 18.4 Å². The van der Waals surface area contributed by atoms with E-state index in [4.69, 9.17) is 4.42 Å². The molecule has 6 heteroatoms. The SMILES string of the molecule is O=C1CCc2cc(C=CC(=O)N3CC=C(c4ccco4)CC3)cnc2N1. The van der Waals surface area contributed by atoms with Crippen LogP contribution in [0.2, 0.25) is 0 Å². The molecule has 0 atom stereocenters. The van der Waals surface area contributed by atoms with Gasteiger partial charge in [-0.15, -0.1) is 0 Å². The van der Waals surface area contributed by atoms with E-state index >= 15 is 0 Å². The molecule has 0 radical (unpaired) electrons. The Morgan fingerprint density at radius 1 is 1.31 bits per heavy atom. The van der Waals surface area contributed by atoms with Crippen molar-refractivity contribution in [3.63, 3.8) is 0 Å². The number of fused-ring (bicyclic) bond motifs is 1. The summed E-state index contributed by atoms with van der Waals surface area (Å²) in [6.07, 6.45) is 10.7. The minimum atomic E-state index is -0.0224. The Kier molecular flexibility index (Phi) is 4.39. The van der Waals surface area contributed by atoms with Crippen LogP contribution in [0, 0.1) is 0 Å². The summed E-state index contributed by atoms with van der Waals surface area (Å²) in [5.41, 5.74) is 3.00. The molecule has 0 aliphatic carbocycles. The van der Waals surface area contributed by atoms with Gasteiger partial charge in [0.05, 0.1) is 6.26 Å². The number of anilines is 1. The van der Waals surface area contributed by atoms with Crippen LogP contribution >= 0.6 is 0 Å². The average molecular weight is 349 g/mol. The third-order valence-corrected chi connectivity index (χ3v) is 4.64. The van der Waals surface area contributed by atoms with Crippen LogP contribution in [0.4, 0.5) is 5.82 Å². The molecular weight excluding hydrogens is 330 g/mol. The van der Waals surface area contributed by atoms with Gasteiger partial charge in [-0.05, 0) is 53.8 Å². The number of carbonyl (C=O) groups is 2. The summed E-state index contributed by atoms with van der Waals surface area (Å²) in [5, 5.41) is 2.76. The summed E-state index contributed by atoms with van der Waals surface area (Å²) >= 11 is 0. The fraction of sp³-hybridized carbons (Fsp3) is 0.250. The number of rotatable bonds is 3. The molecule has 0 bridgehead atoms. The van der Waals surface area contributed by atoms with Gasteiger partial charge < -0.3 is 14.6 Å². The van der Waals surface area contributed by atoms with Gasteiger partial charge in [0.25, 0.3) is 0 Å². The van der Waals surface area contributed by atoms with Gasteiger partial charge in [0.15, 0.2) is 0 Å². The molecule has 0 saturated carbocycles. The van der Waals surface area contributed by atoms with Crippen molar-refractivity contribution in [2.45, 2.75) is 19.3 Å². The molecule has 0 unspecified atom stereocenters. The number of aromatic nitrogens is 1. The van der Waals surface area contributed by atoms with Crippen molar-refractivity contribution in [1.29, 1.82) is 0 Å². The summed E-state index contributed by atoms with van der Waals surface area (Å²) in [4.78, 5) is 29.8. The van der Waals surface area contributed by atoms with Crippen molar-refractivity contribution < 1.29 is 14.0 Å². The van der Waals surface area contributed by atoms with Crippen molar-refractivity contribution in [3.05, 3.63) is 59.7 Å². The largest absolute Gasteiger partial charge is 0.465 e. The minimum Gasteiger partial charge on any atom is -0.465 e. The van der Waals surface area contributed by atoms with Crippen LogP contribution < -0.4 is 5.32 Å². The molecule has 4 heterocycles. The van der Waals surface area contributed by atoms with Crippen molar-refractivity contribution in [1.82, 2.24) is 9.88 Å². The zero-order chi connectivity index (χ0) is 17.9. The van der Waals surface area contributed by atoms with Crippen LogP contribution in [0.1, 0.15) is 29.7 Å². The molecule has 0 fully saturated rings. The number of pyridine rings is 1. The van der Waals surface area contributed by atoms with E-state index in [1.54, 1.807) is 29.5 Å². The van der Waals surface area contributed by atoms with E-state index in [1.807, 2.05) is 24.3 Å². The molecule has 0 spiro atoms. The smallest absolute Gasteiger partial charge is 0.246 e. The second-order valence-corrected chi connectivity index (χ2v) is 6.40. The standard InChI is InChI=1S/C20H19N3O3/c24-18-5-4-16-12-14(13-21-20(16)22-18)3-6-19(25)23-9-7-15(8-10-23)17-2-1-11-26-17/h1-3,6-7,11-13H,4-5,8-10H2,(H,21,22,24).